The number of rotatable bonds is 3. The topological polar surface area (TPSA) is 44.8 Å². The first-order valence-electron chi connectivity index (χ1n) is 11.3. The van der Waals surface area contributed by atoms with Gasteiger partial charge in [-0.3, -0.25) is 0 Å². The van der Waals surface area contributed by atoms with E-state index in [-0.39, 0.29) is 12.1 Å². The van der Waals surface area contributed by atoms with Crippen molar-refractivity contribution in [2.75, 3.05) is 44.2 Å². The van der Waals surface area contributed by atoms with Crippen LogP contribution in [0, 0.1) is 5.92 Å². The zero-order valence-electron chi connectivity index (χ0n) is 16.9. The van der Waals surface area contributed by atoms with Crippen molar-refractivity contribution in [2.24, 2.45) is 5.92 Å². The second kappa shape index (κ2) is 7.94. The van der Waals surface area contributed by atoms with E-state index in [1.807, 2.05) is 4.90 Å². The number of nitrogens with zero attached hydrogens (tertiary/aromatic N) is 2. The molecule has 2 aliphatic heterocycles. The molecule has 5 heteroatoms. The number of fused-ring (bicyclic) bond motifs is 5. The molecule has 1 aromatic rings. The summed E-state index contributed by atoms with van der Waals surface area (Å²) in [4.78, 5) is 17.4. The van der Waals surface area contributed by atoms with Gasteiger partial charge in [0.15, 0.2) is 0 Å². The molecule has 1 saturated carbocycles. The summed E-state index contributed by atoms with van der Waals surface area (Å²) < 4.78 is 5.80. The van der Waals surface area contributed by atoms with Crippen molar-refractivity contribution in [1.82, 2.24) is 10.2 Å². The van der Waals surface area contributed by atoms with E-state index in [0.717, 1.165) is 45.6 Å². The van der Waals surface area contributed by atoms with Gasteiger partial charge in [0.1, 0.15) is 0 Å². The average molecular weight is 384 g/mol. The number of ether oxygens (including phenoxy) is 1. The number of nitrogens with one attached hydrogen (secondary N) is 1. The first-order chi connectivity index (χ1) is 13.8. The molecule has 1 aromatic carbocycles. The lowest BCUT2D eigenvalue weighted by molar-refractivity contribution is 0.0582. The number of carbonyl (C=O) groups excluding carboxylic acids is 1. The molecule has 5 rings (SSSR count). The highest BCUT2D eigenvalue weighted by atomic mass is 16.6. The second-order valence-electron chi connectivity index (χ2n) is 9.06. The quantitative estimate of drug-likeness (QED) is 0.855. The highest BCUT2D eigenvalue weighted by Crippen LogP contribution is 2.50. The number of hydrogen-bond donors (Lipinski definition) is 1. The molecule has 2 bridgehead atoms. The zero-order chi connectivity index (χ0) is 18.9. The third-order valence-corrected chi connectivity index (χ3v) is 7.36. The molecule has 28 heavy (non-hydrogen) atoms. The first-order valence-corrected chi connectivity index (χ1v) is 11.3. The van der Waals surface area contributed by atoms with Crippen LogP contribution in [0.2, 0.25) is 0 Å². The van der Waals surface area contributed by atoms with Crippen molar-refractivity contribution in [3.8, 4) is 0 Å². The van der Waals surface area contributed by atoms with Crippen molar-refractivity contribution >= 4 is 11.8 Å². The van der Waals surface area contributed by atoms with Crippen molar-refractivity contribution in [3.05, 3.63) is 29.3 Å². The van der Waals surface area contributed by atoms with Crippen LogP contribution >= 0.6 is 0 Å². The van der Waals surface area contributed by atoms with Gasteiger partial charge in [0.2, 0.25) is 0 Å². The summed E-state index contributed by atoms with van der Waals surface area (Å²) in [5.41, 5.74) is 4.14. The van der Waals surface area contributed by atoms with Crippen LogP contribution < -0.4 is 10.2 Å². The van der Waals surface area contributed by atoms with Crippen LogP contribution in [0.1, 0.15) is 68.0 Å². The van der Waals surface area contributed by atoms with E-state index < -0.39 is 0 Å². The summed E-state index contributed by atoms with van der Waals surface area (Å²) in [6.07, 6.45) is 8.40. The second-order valence-corrected chi connectivity index (χ2v) is 9.06. The van der Waals surface area contributed by atoms with Gasteiger partial charge in [0, 0.05) is 38.4 Å². The van der Waals surface area contributed by atoms with E-state index in [9.17, 15) is 4.79 Å². The molecule has 2 atom stereocenters. The third-order valence-electron chi connectivity index (χ3n) is 7.36. The molecule has 0 aromatic heterocycles. The minimum absolute atomic E-state index is 0.0885. The summed E-state index contributed by atoms with van der Waals surface area (Å²) in [6, 6.07) is 7.18. The van der Waals surface area contributed by atoms with Crippen LogP contribution in [0.15, 0.2) is 18.2 Å². The largest absolute Gasteiger partial charge is 0.449 e. The van der Waals surface area contributed by atoms with Crippen LogP contribution in [-0.4, -0.2) is 50.3 Å². The lowest BCUT2D eigenvalue weighted by atomic mass is 9.90. The fraction of sp³-hybridized carbons (Fsp3) is 0.696. The summed E-state index contributed by atoms with van der Waals surface area (Å²) in [5.74, 6) is 1.19. The minimum atomic E-state index is -0.0885. The fourth-order valence-corrected chi connectivity index (χ4v) is 5.73. The third kappa shape index (κ3) is 3.49. The Hall–Kier alpha value is -1.75. The molecular weight excluding hydrogens is 350 g/mol. The van der Waals surface area contributed by atoms with E-state index in [1.54, 1.807) is 0 Å². The predicted octanol–water partition coefficient (Wildman–Crippen LogP) is 4.05. The lowest BCUT2D eigenvalue weighted by Crippen LogP contribution is -2.43. The molecule has 1 amide bonds. The number of benzene rings is 1. The standard InChI is InChI=1S/C23H33N3O2/c27-23(28-16-17-4-2-1-3-5-17)26-11-8-18-14-22(26)21-15-19(6-7-20(18)21)25-12-9-24-10-13-25/h6-7,15,17-18,22,24H,1-5,8-14,16H2. The van der Waals surface area contributed by atoms with Gasteiger partial charge in [0.05, 0.1) is 12.6 Å². The molecule has 5 nitrogen and oxygen atoms in total. The minimum Gasteiger partial charge on any atom is -0.449 e. The molecule has 1 N–H and O–H groups in total. The van der Waals surface area contributed by atoms with E-state index in [4.69, 9.17) is 4.74 Å². The number of amides is 1. The highest BCUT2D eigenvalue weighted by Gasteiger charge is 2.41. The van der Waals surface area contributed by atoms with Gasteiger partial charge in [-0.25, -0.2) is 4.79 Å². The molecule has 2 aliphatic carbocycles. The Kier molecular flexibility index (Phi) is 5.19. The number of piperidine rings is 1. The normalized spacial score (nSPS) is 27.6. The van der Waals surface area contributed by atoms with Gasteiger partial charge < -0.3 is 19.9 Å². The molecule has 2 unspecified atom stereocenters. The highest BCUT2D eigenvalue weighted by molar-refractivity contribution is 5.70. The molecule has 3 fully saturated rings. The molecule has 152 valence electrons. The monoisotopic (exact) mass is 383 g/mol. The molecule has 2 heterocycles. The zero-order valence-corrected chi connectivity index (χ0v) is 16.9. The van der Waals surface area contributed by atoms with Crippen molar-refractivity contribution in [1.29, 1.82) is 0 Å². The van der Waals surface area contributed by atoms with E-state index >= 15 is 0 Å². The number of anilines is 1. The maximum absolute atomic E-state index is 12.9. The van der Waals surface area contributed by atoms with E-state index in [0.29, 0.717) is 18.4 Å². The van der Waals surface area contributed by atoms with Crippen LogP contribution in [-0.2, 0) is 4.74 Å². The molecule has 0 radical (unpaired) electrons. The molecular formula is C23H33N3O2. The Morgan fingerprint density at radius 1 is 1.04 bits per heavy atom. The number of likely N-dealkylation sites (tertiary alicyclic amines) is 1. The number of piperazine rings is 1. The Labute approximate surface area is 168 Å². The van der Waals surface area contributed by atoms with Crippen molar-refractivity contribution < 1.29 is 9.53 Å². The van der Waals surface area contributed by atoms with Gasteiger partial charge in [-0.2, -0.15) is 0 Å². The van der Waals surface area contributed by atoms with Crippen molar-refractivity contribution in [3.63, 3.8) is 0 Å². The Balaban J connectivity index is 1.29. The smallest absolute Gasteiger partial charge is 0.410 e. The molecule has 2 saturated heterocycles. The SMILES string of the molecule is O=C(OCC1CCCCC1)N1CCC2CC1c1cc(N3CCNCC3)ccc12. The van der Waals surface area contributed by atoms with Gasteiger partial charge in [-0.1, -0.05) is 25.3 Å². The van der Waals surface area contributed by atoms with Crippen molar-refractivity contribution in [2.45, 2.75) is 56.9 Å². The van der Waals surface area contributed by atoms with Crippen LogP contribution in [0.4, 0.5) is 10.5 Å². The van der Waals surface area contributed by atoms with Gasteiger partial charge in [0.25, 0.3) is 0 Å². The fourth-order valence-electron chi connectivity index (χ4n) is 5.73. The lowest BCUT2D eigenvalue weighted by Gasteiger charge is -2.34. The van der Waals surface area contributed by atoms with Crippen LogP contribution in [0.5, 0.6) is 0 Å². The van der Waals surface area contributed by atoms with E-state index in [2.05, 4.69) is 28.4 Å². The van der Waals surface area contributed by atoms with Gasteiger partial charge >= 0.3 is 6.09 Å². The summed E-state index contributed by atoms with van der Waals surface area (Å²) in [5, 5.41) is 3.43. The maximum atomic E-state index is 12.9. The maximum Gasteiger partial charge on any atom is 0.410 e. The number of hydrogen-bond acceptors (Lipinski definition) is 4. The summed E-state index contributed by atoms with van der Waals surface area (Å²) >= 11 is 0. The summed E-state index contributed by atoms with van der Waals surface area (Å²) in [6.45, 7) is 5.64. The average Bonchev–Trinajstić information content (AvgIpc) is 3.05. The first kappa shape index (κ1) is 18.3. The summed E-state index contributed by atoms with van der Waals surface area (Å²) in [7, 11) is 0. The number of carbonyl (C=O) groups is 1. The van der Waals surface area contributed by atoms with E-state index in [1.165, 1.54) is 48.9 Å². The van der Waals surface area contributed by atoms with Crippen LogP contribution in [0.3, 0.4) is 0 Å². The molecule has 0 spiro atoms. The predicted molar refractivity (Wildman–Crippen MR) is 111 cm³/mol. The molecule has 4 aliphatic rings. The Morgan fingerprint density at radius 2 is 1.86 bits per heavy atom. The Morgan fingerprint density at radius 3 is 2.68 bits per heavy atom. The van der Waals surface area contributed by atoms with Gasteiger partial charge in [-0.05, 0) is 60.8 Å². The van der Waals surface area contributed by atoms with Gasteiger partial charge in [-0.15, -0.1) is 0 Å². The van der Waals surface area contributed by atoms with Crippen LogP contribution in [0.25, 0.3) is 0 Å². The Bertz CT molecular complexity index is 710.